The summed E-state index contributed by atoms with van der Waals surface area (Å²) in [5.74, 6) is 0.194. The van der Waals surface area contributed by atoms with Crippen LogP contribution in [0.3, 0.4) is 0 Å². The first-order valence-electron chi connectivity index (χ1n) is 5.57. The molecule has 0 amide bonds. The van der Waals surface area contributed by atoms with Gasteiger partial charge in [-0.25, -0.2) is 0 Å². The number of hydrogen-bond acceptors (Lipinski definition) is 4. The van der Waals surface area contributed by atoms with Gasteiger partial charge in [0.15, 0.2) is 0 Å². The second-order valence-electron chi connectivity index (χ2n) is 4.35. The quantitative estimate of drug-likeness (QED) is 0.600. The topological polar surface area (TPSA) is 46.6 Å². The zero-order chi connectivity index (χ0) is 10.8. The van der Waals surface area contributed by atoms with Crippen molar-refractivity contribution < 1.29 is 14.3 Å². The fraction of sp³-hybridized carbons (Fsp3) is 0.818. The number of esters is 1. The fourth-order valence-electron chi connectivity index (χ4n) is 2.71. The van der Waals surface area contributed by atoms with E-state index >= 15 is 0 Å². The average Bonchev–Trinajstić information content (AvgIpc) is 2.52. The van der Waals surface area contributed by atoms with E-state index in [1.165, 1.54) is 7.11 Å². The van der Waals surface area contributed by atoms with E-state index in [1.54, 1.807) is 0 Å². The van der Waals surface area contributed by atoms with Crippen LogP contribution in [0.5, 0.6) is 0 Å². The number of hydrogen-bond donors (Lipinski definition) is 0. The Bertz CT molecular complexity index is 277. The summed E-state index contributed by atoms with van der Waals surface area (Å²) in [5.41, 5.74) is 0. The molecule has 2 atom stereocenters. The normalized spacial score (nSPS) is 32.2. The molecule has 0 saturated carbocycles. The van der Waals surface area contributed by atoms with Gasteiger partial charge in [0.1, 0.15) is 11.8 Å². The van der Waals surface area contributed by atoms with Gasteiger partial charge < -0.3 is 4.74 Å². The Kier molecular flexibility index (Phi) is 3.05. The minimum Gasteiger partial charge on any atom is -0.468 e. The maximum Gasteiger partial charge on any atom is 0.323 e. The Morgan fingerprint density at radius 1 is 1.47 bits per heavy atom. The van der Waals surface area contributed by atoms with Gasteiger partial charge in [0.25, 0.3) is 0 Å². The van der Waals surface area contributed by atoms with Crippen LogP contribution in [0.4, 0.5) is 0 Å². The van der Waals surface area contributed by atoms with Crippen molar-refractivity contribution in [3.05, 3.63) is 0 Å². The third-order valence-corrected chi connectivity index (χ3v) is 3.45. The zero-order valence-corrected chi connectivity index (χ0v) is 9.07. The molecule has 0 aromatic rings. The summed E-state index contributed by atoms with van der Waals surface area (Å²) in [6.07, 6.45) is 3.95. The van der Waals surface area contributed by atoms with Crippen molar-refractivity contribution in [1.29, 1.82) is 0 Å². The molecule has 2 aliphatic rings. The average molecular weight is 211 g/mol. The van der Waals surface area contributed by atoms with E-state index in [2.05, 4.69) is 4.90 Å². The van der Waals surface area contributed by atoms with Crippen molar-refractivity contribution in [2.24, 2.45) is 0 Å². The molecule has 2 saturated heterocycles. The Morgan fingerprint density at radius 2 is 2.27 bits per heavy atom. The predicted octanol–water partition coefficient (Wildman–Crippen LogP) is 0.745. The van der Waals surface area contributed by atoms with Crippen LogP contribution in [0.15, 0.2) is 0 Å². The van der Waals surface area contributed by atoms with Gasteiger partial charge in [0, 0.05) is 18.9 Å². The monoisotopic (exact) mass is 211 g/mol. The number of rotatable bonds is 1. The van der Waals surface area contributed by atoms with E-state index < -0.39 is 0 Å². The molecular weight excluding hydrogens is 194 g/mol. The van der Waals surface area contributed by atoms with Gasteiger partial charge in [-0.1, -0.05) is 0 Å². The van der Waals surface area contributed by atoms with Crippen LogP contribution < -0.4 is 0 Å². The molecule has 0 N–H and O–H groups in total. The molecule has 2 aliphatic heterocycles. The number of Topliss-reactive ketones (excluding diaryl/α,β-unsaturated/α-hetero) is 1. The van der Waals surface area contributed by atoms with E-state index in [0.29, 0.717) is 18.6 Å². The lowest BCUT2D eigenvalue weighted by Crippen LogP contribution is -2.41. The molecule has 0 aliphatic carbocycles. The first kappa shape index (κ1) is 10.6. The highest BCUT2D eigenvalue weighted by Crippen LogP contribution is 2.30. The Labute approximate surface area is 89.6 Å². The second kappa shape index (κ2) is 4.31. The minimum absolute atomic E-state index is 0.106. The lowest BCUT2D eigenvalue weighted by molar-refractivity contribution is -0.146. The molecule has 2 fully saturated rings. The Balaban J connectivity index is 2.08. The highest BCUT2D eigenvalue weighted by atomic mass is 16.5. The number of ketones is 1. The molecule has 15 heavy (non-hydrogen) atoms. The molecule has 2 heterocycles. The highest BCUT2D eigenvalue weighted by Gasteiger charge is 2.39. The lowest BCUT2D eigenvalue weighted by Gasteiger charge is -2.25. The van der Waals surface area contributed by atoms with Gasteiger partial charge in [0.2, 0.25) is 0 Å². The van der Waals surface area contributed by atoms with Crippen LogP contribution >= 0.6 is 0 Å². The second-order valence-corrected chi connectivity index (χ2v) is 4.35. The maximum absolute atomic E-state index is 11.5. The molecule has 0 bridgehead atoms. The fourth-order valence-corrected chi connectivity index (χ4v) is 2.71. The highest BCUT2D eigenvalue weighted by molar-refractivity contribution is 5.80. The molecule has 2 rings (SSSR count). The van der Waals surface area contributed by atoms with Gasteiger partial charge in [-0.2, -0.15) is 0 Å². The van der Waals surface area contributed by atoms with Crippen molar-refractivity contribution in [3.63, 3.8) is 0 Å². The van der Waals surface area contributed by atoms with Crippen LogP contribution in [0.25, 0.3) is 0 Å². The third kappa shape index (κ3) is 2.04. The van der Waals surface area contributed by atoms with Crippen LogP contribution in [-0.2, 0) is 14.3 Å². The maximum atomic E-state index is 11.5. The largest absolute Gasteiger partial charge is 0.468 e. The van der Waals surface area contributed by atoms with Crippen molar-refractivity contribution in [1.82, 2.24) is 4.90 Å². The summed E-state index contributed by atoms with van der Waals surface area (Å²) < 4.78 is 4.79. The van der Waals surface area contributed by atoms with E-state index in [9.17, 15) is 9.59 Å². The van der Waals surface area contributed by atoms with Crippen molar-refractivity contribution in [3.8, 4) is 0 Å². The summed E-state index contributed by atoms with van der Waals surface area (Å²) in [6.45, 7) is 0.857. The number of ether oxygens (including phenoxy) is 1. The molecule has 0 aromatic carbocycles. The summed E-state index contributed by atoms with van der Waals surface area (Å²) in [6, 6.07) is 0.176. The molecule has 84 valence electrons. The Morgan fingerprint density at radius 3 is 3.00 bits per heavy atom. The number of fused-ring (bicyclic) bond motifs is 1. The van der Waals surface area contributed by atoms with Gasteiger partial charge in [-0.3, -0.25) is 14.5 Å². The smallest absolute Gasteiger partial charge is 0.323 e. The standard InChI is InChI=1S/C11H17NO3/c1-15-11(14)10-5-4-8-7-9(13)3-2-6-12(8)10/h8,10H,2-7H2,1H3/t8-,10-/m0/s1. The zero-order valence-electron chi connectivity index (χ0n) is 9.07. The van der Waals surface area contributed by atoms with Gasteiger partial charge >= 0.3 is 5.97 Å². The molecular formula is C11H17NO3. The summed E-state index contributed by atoms with van der Waals surface area (Å²) in [5, 5.41) is 0. The number of methoxy groups -OCH3 is 1. The molecule has 0 spiro atoms. The van der Waals surface area contributed by atoms with Crippen molar-refractivity contribution in [2.75, 3.05) is 13.7 Å². The molecule has 0 aromatic heterocycles. The lowest BCUT2D eigenvalue weighted by atomic mass is 10.1. The number of carbonyl (C=O) groups excluding carboxylic acids is 2. The van der Waals surface area contributed by atoms with E-state index in [-0.39, 0.29) is 18.1 Å². The number of carbonyl (C=O) groups is 2. The first-order chi connectivity index (χ1) is 7.22. The number of nitrogens with zero attached hydrogens (tertiary/aromatic N) is 1. The first-order valence-corrected chi connectivity index (χ1v) is 5.57. The van der Waals surface area contributed by atoms with Gasteiger partial charge in [0.05, 0.1) is 7.11 Å². The van der Waals surface area contributed by atoms with Gasteiger partial charge in [-0.05, 0) is 25.8 Å². The third-order valence-electron chi connectivity index (χ3n) is 3.45. The Hall–Kier alpha value is -0.900. The molecule has 4 nitrogen and oxygen atoms in total. The van der Waals surface area contributed by atoms with Crippen molar-refractivity contribution >= 4 is 11.8 Å². The molecule has 0 unspecified atom stereocenters. The van der Waals surface area contributed by atoms with Gasteiger partial charge in [-0.15, -0.1) is 0 Å². The van der Waals surface area contributed by atoms with E-state index in [4.69, 9.17) is 4.74 Å². The predicted molar refractivity (Wildman–Crippen MR) is 54.4 cm³/mol. The van der Waals surface area contributed by atoms with Crippen LogP contribution in [0, 0.1) is 0 Å². The molecule has 0 radical (unpaired) electrons. The summed E-state index contributed by atoms with van der Waals surface area (Å²) >= 11 is 0. The van der Waals surface area contributed by atoms with Crippen LogP contribution in [-0.4, -0.2) is 42.4 Å². The summed E-state index contributed by atoms with van der Waals surface area (Å²) in [4.78, 5) is 25.1. The van der Waals surface area contributed by atoms with E-state index in [0.717, 1.165) is 25.8 Å². The van der Waals surface area contributed by atoms with Crippen molar-refractivity contribution in [2.45, 2.75) is 44.2 Å². The van der Waals surface area contributed by atoms with E-state index in [1.807, 2.05) is 0 Å². The minimum atomic E-state index is -0.146. The summed E-state index contributed by atoms with van der Waals surface area (Å²) in [7, 11) is 1.43. The SMILES string of the molecule is COC(=O)[C@@H]1CC[C@H]2CC(=O)CCCN21. The van der Waals surface area contributed by atoms with Crippen LogP contribution in [0.1, 0.15) is 32.1 Å². The van der Waals surface area contributed by atoms with Crippen LogP contribution in [0.2, 0.25) is 0 Å². The molecule has 4 heteroatoms.